The molecule has 15 nitrogen and oxygen atoms in total. The summed E-state index contributed by atoms with van der Waals surface area (Å²) in [6.07, 6.45) is 12.4. The summed E-state index contributed by atoms with van der Waals surface area (Å²) in [6, 6.07) is 12.4. The minimum absolute atomic E-state index is 0.0696. The van der Waals surface area contributed by atoms with Crippen LogP contribution in [0.5, 0.6) is 0 Å². The Morgan fingerprint density at radius 3 is 2.42 bits per heavy atom. The van der Waals surface area contributed by atoms with Crippen LogP contribution in [-0.2, 0) is 26.5 Å². The second kappa shape index (κ2) is 16.4. The number of carbonyl (C=O) groups is 2. The monoisotopic (exact) mass is 909 g/mol. The maximum absolute atomic E-state index is 14.0. The van der Waals surface area contributed by atoms with Crippen LogP contribution >= 0.6 is 11.6 Å². The first kappa shape index (κ1) is 42.9. The molecule has 5 aromatic rings. The number of hydrogen-bond donors (Lipinski definition) is 2. The molecule has 3 aromatic heterocycles. The zero-order chi connectivity index (χ0) is 44.7. The molecule has 2 saturated heterocycles. The summed E-state index contributed by atoms with van der Waals surface area (Å²) in [5.41, 5.74) is 4.15. The number of nitrogens with one attached hydrogen (secondary N) is 2. The molecule has 0 bridgehead atoms. The number of anilines is 3. The number of rotatable bonds is 10. The van der Waals surface area contributed by atoms with Crippen LogP contribution in [0.4, 0.5) is 17.3 Å². The molecular weight excluding hydrogens is 854 g/mol. The van der Waals surface area contributed by atoms with E-state index in [9.17, 15) is 27.6 Å². The maximum Gasteiger partial charge on any atom is 0.329 e. The Labute approximate surface area is 377 Å². The van der Waals surface area contributed by atoms with E-state index in [1.165, 1.54) is 4.57 Å². The first-order valence-electron chi connectivity index (χ1n) is 22.9. The largest absolute Gasteiger partial charge is 0.370 e. The summed E-state index contributed by atoms with van der Waals surface area (Å²) in [6.45, 7) is 4.43. The van der Waals surface area contributed by atoms with Gasteiger partial charge in [0.1, 0.15) is 16.7 Å². The highest BCUT2D eigenvalue weighted by atomic mass is 35.5. The third-order valence-corrected chi connectivity index (χ3v) is 17.9. The van der Waals surface area contributed by atoms with Gasteiger partial charge >= 0.3 is 5.69 Å². The smallest absolute Gasteiger partial charge is 0.329 e. The summed E-state index contributed by atoms with van der Waals surface area (Å²) in [5, 5.41) is 6.13. The van der Waals surface area contributed by atoms with E-state index in [0.717, 1.165) is 94.2 Å². The quantitative estimate of drug-likeness (QED) is 0.145. The van der Waals surface area contributed by atoms with Gasteiger partial charge in [0.15, 0.2) is 9.84 Å². The number of nitrogens with zero attached hydrogens (tertiary/aromatic N) is 7. The number of pyridine rings is 1. The number of piperidine rings is 2. The number of carbonyl (C=O) groups excluding carboxylic acids is 2. The number of hydrogen-bond acceptors (Lipinski definition) is 11. The number of fused-ring (bicyclic) bond motifs is 2. The molecule has 338 valence electrons. The molecule has 5 aliphatic rings. The molecule has 0 radical (unpaired) electrons. The fraction of sp³-hybridized carbons (Fsp3) is 0.532. The molecule has 17 heteroatoms. The average molecular weight is 911 g/mol. The Kier molecular flexibility index (Phi) is 11.0. The number of benzene rings is 2. The molecule has 2 aliphatic heterocycles. The summed E-state index contributed by atoms with van der Waals surface area (Å²) >= 11 is 6.42. The Hall–Kier alpha value is -5.06. The van der Waals surface area contributed by atoms with E-state index in [4.69, 9.17) is 16.6 Å². The molecule has 1 spiro atoms. The van der Waals surface area contributed by atoms with Gasteiger partial charge in [-0.1, -0.05) is 24.1 Å². The molecule has 5 heterocycles. The van der Waals surface area contributed by atoms with Gasteiger partial charge in [-0.25, -0.2) is 18.2 Å². The highest BCUT2D eigenvalue weighted by molar-refractivity contribution is 7.92. The second-order valence-electron chi connectivity index (χ2n) is 19.2. The molecule has 2 aromatic carbocycles. The Bertz CT molecular complexity index is 2930. The third kappa shape index (κ3) is 7.52. The zero-order valence-corrected chi connectivity index (χ0v) is 38.3. The van der Waals surface area contributed by atoms with Crippen molar-refractivity contribution in [1.82, 2.24) is 33.9 Å². The summed E-state index contributed by atoms with van der Waals surface area (Å²) in [7, 11) is 0.371. The fourth-order valence-electron chi connectivity index (χ4n) is 11.6. The van der Waals surface area contributed by atoms with Crippen LogP contribution in [0, 0.1) is 18.3 Å². The molecule has 10 rings (SSSR count). The molecule has 2 amide bonds. The maximum atomic E-state index is 14.0. The van der Waals surface area contributed by atoms with E-state index in [1.54, 1.807) is 46.6 Å². The van der Waals surface area contributed by atoms with Crippen molar-refractivity contribution < 1.29 is 18.0 Å². The van der Waals surface area contributed by atoms with Crippen molar-refractivity contribution in [3.8, 4) is 0 Å². The van der Waals surface area contributed by atoms with Gasteiger partial charge in [0, 0.05) is 62.5 Å². The fourth-order valence-corrected chi connectivity index (χ4v) is 13.7. The van der Waals surface area contributed by atoms with Gasteiger partial charge in [-0.3, -0.25) is 33.4 Å². The average Bonchev–Trinajstić information content (AvgIpc) is 3.89. The van der Waals surface area contributed by atoms with E-state index in [-0.39, 0.29) is 40.1 Å². The number of aryl methyl sites for hydroxylation is 2. The van der Waals surface area contributed by atoms with Crippen molar-refractivity contribution in [2.24, 2.45) is 18.4 Å². The topological polar surface area (TPSA) is 174 Å². The molecule has 2 unspecified atom stereocenters. The third-order valence-electron chi connectivity index (χ3n) is 15.4. The van der Waals surface area contributed by atoms with Gasteiger partial charge in [-0.2, -0.15) is 4.98 Å². The summed E-state index contributed by atoms with van der Waals surface area (Å²) in [4.78, 5) is 65.9. The molecular formula is C47H56ClN9O6S. The molecule has 2 N–H and O–H groups in total. The van der Waals surface area contributed by atoms with Crippen LogP contribution in [0.25, 0.3) is 22.1 Å². The summed E-state index contributed by atoms with van der Waals surface area (Å²) < 4.78 is 33.0. The second-order valence-corrected chi connectivity index (χ2v) is 21.8. The van der Waals surface area contributed by atoms with Crippen LogP contribution < -0.4 is 26.8 Å². The van der Waals surface area contributed by atoms with Gasteiger partial charge in [-0.05, 0) is 138 Å². The van der Waals surface area contributed by atoms with Crippen molar-refractivity contribution in [2.45, 2.75) is 119 Å². The van der Waals surface area contributed by atoms with E-state index in [1.807, 2.05) is 25.1 Å². The predicted molar refractivity (Wildman–Crippen MR) is 247 cm³/mol. The van der Waals surface area contributed by atoms with E-state index >= 15 is 0 Å². The molecule has 2 atom stereocenters. The highest BCUT2D eigenvalue weighted by Gasteiger charge is 2.53. The van der Waals surface area contributed by atoms with Crippen molar-refractivity contribution in [3.63, 3.8) is 0 Å². The van der Waals surface area contributed by atoms with Crippen LogP contribution in [0.1, 0.15) is 101 Å². The van der Waals surface area contributed by atoms with E-state index < -0.39 is 27.0 Å². The lowest BCUT2D eigenvalue weighted by Gasteiger charge is -2.40. The molecule has 3 aliphatic carbocycles. The number of imidazole rings is 1. The van der Waals surface area contributed by atoms with Crippen molar-refractivity contribution in [1.29, 1.82) is 0 Å². The van der Waals surface area contributed by atoms with Crippen LogP contribution in [-0.4, -0.2) is 86.8 Å². The standard InChI is InChI=1S/C47H56ClN9O6S/c1-28-24-33(13-14-35(28)50-45-49-26-30-25-34(48)44(60)57(42(30)52-45)39-8-5-19-47(39)20-21-47)64(62,63)32-11-9-29(10-12-32)27-53(2)31-17-22-55(23-18-31)36-6-4-7-37-41(36)54(3)46(61)56(37)38-15-16-40(58)51-43(38)59/h4,6-7,13-14,24-26,29,31-32,38-39H,5,8-12,15-23,27H2,1-3H3,(H,49,50,52)(H,51,58,59). The zero-order valence-electron chi connectivity index (χ0n) is 36.7. The lowest BCUT2D eigenvalue weighted by Crippen LogP contribution is -2.45. The van der Waals surface area contributed by atoms with Gasteiger partial charge in [0.25, 0.3) is 5.56 Å². The van der Waals surface area contributed by atoms with Crippen LogP contribution in [0.15, 0.2) is 63.1 Å². The lowest BCUT2D eigenvalue weighted by molar-refractivity contribution is -0.135. The number of para-hydroxylation sites is 1. The first-order valence-corrected chi connectivity index (χ1v) is 24.8. The van der Waals surface area contributed by atoms with Crippen LogP contribution in [0.2, 0.25) is 5.02 Å². The SMILES string of the molecule is Cc1cc(S(=O)(=O)C2CCC(CN(C)C3CCN(c4cccc5c4n(C)c(=O)n5C4CCC(=O)NC4=O)CC3)CC2)ccc1Nc1ncc2cc(Cl)c(=O)n(C3CCCC34CC4)c2n1. The Morgan fingerprint density at radius 2 is 1.70 bits per heavy atom. The van der Waals surface area contributed by atoms with Gasteiger partial charge in [-0.15, -0.1) is 0 Å². The van der Waals surface area contributed by atoms with Crippen molar-refractivity contribution >= 4 is 72.6 Å². The number of halogens is 1. The van der Waals surface area contributed by atoms with Gasteiger partial charge in [0.05, 0.1) is 26.9 Å². The number of sulfone groups is 1. The lowest BCUT2D eigenvalue weighted by atomic mass is 9.88. The molecule has 64 heavy (non-hydrogen) atoms. The minimum Gasteiger partial charge on any atom is -0.370 e. The van der Waals surface area contributed by atoms with Gasteiger partial charge < -0.3 is 15.1 Å². The Morgan fingerprint density at radius 1 is 0.938 bits per heavy atom. The van der Waals surface area contributed by atoms with E-state index in [0.29, 0.717) is 64.3 Å². The number of amides is 2. The number of aromatic nitrogens is 5. The number of imide groups is 1. The minimum atomic E-state index is -3.55. The van der Waals surface area contributed by atoms with Crippen molar-refractivity contribution in [3.05, 3.63) is 80.1 Å². The normalized spacial score (nSPS) is 24.0. The molecule has 5 fully saturated rings. The molecule has 3 saturated carbocycles. The van der Waals surface area contributed by atoms with Gasteiger partial charge in [0.2, 0.25) is 17.8 Å². The predicted octanol–water partition coefficient (Wildman–Crippen LogP) is 6.57. The summed E-state index contributed by atoms with van der Waals surface area (Å²) in [5.74, 6) is -0.00202. The van der Waals surface area contributed by atoms with Crippen molar-refractivity contribution in [2.75, 3.05) is 36.9 Å². The highest BCUT2D eigenvalue weighted by Crippen LogP contribution is 2.63. The van der Waals surface area contributed by atoms with Crippen LogP contribution in [0.3, 0.4) is 0 Å². The Balaban J connectivity index is 0.751. The first-order chi connectivity index (χ1) is 30.7. The van der Waals surface area contributed by atoms with E-state index in [2.05, 4.69) is 32.5 Å².